The van der Waals surface area contributed by atoms with Crippen molar-refractivity contribution in [3.8, 4) is 11.5 Å². The average Bonchev–Trinajstić information content (AvgIpc) is 3.26. The summed E-state index contributed by atoms with van der Waals surface area (Å²) in [5.74, 6) is 1.19. The average molecular weight is 511 g/mol. The third kappa shape index (κ3) is 6.91. The minimum Gasteiger partial charge on any atom is -0.486 e. The Labute approximate surface area is 215 Å². The number of hydrogen-bond donors (Lipinski definition) is 1. The lowest BCUT2D eigenvalue weighted by atomic mass is 10.0. The van der Waals surface area contributed by atoms with Gasteiger partial charge < -0.3 is 24.6 Å². The van der Waals surface area contributed by atoms with Crippen molar-refractivity contribution >= 4 is 33.2 Å². The number of allylic oxidation sites excluding steroid dienone is 2. The third-order valence-electron chi connectivity index (χ3n) is 5.98. The van der Waals surface area contributed by atoms with Crippen LogP contribution in [0.2, 0.25) is 0 Å². The Bertz CT molecular complexity index is 1210. The van der Waals surface area contributed by atoms with Gasteiger partial charge in [0.1, 0.15) is 19.5 Å². The highest BCUT2D eigenvalue weighted by Gasteiger charge is 2.31. The molecule has 3 rings (SSSR count). The maximum absolute atomic E-state index is 13.4. The molecule has 1 aliphatic rings. The smallest absolute Gasteiger partial charge is 0.227 e. The fourth-order valence-corrected chi connectivity index (χ4v) is 4.26. The molecule has 0 spiro atoms. The Kier molecular flexibility index (Phi) is 8.85. The molecule has 2 heterocycles. The molecule has 1 atom stereocenters. The van der Waals surface area contributed by atoms with Crippen LogP contribution in [0.25, 0.3) is 6.08 Å². The van der Waals surface area contributed by atoms with Gasteiger partial charge in [0.25, 0.3) is 0 Å². The van der Waals surface area contributed by atoms with Gasteiger partial charge in [0.05, 0.1) is 18.3 Å². The van der Waals surface area contributed by atoms with Gasteiger partial charge in [-0.3, -0.25) is 9.48 Å². The van der Waals surface area contributed by atoms with Gasteiger partial charge in [-0.2, -0.15) is 5.10 Å². The molecule has 192 valence electrons. The zero-order valence-electron chi connectivity index (χ0n) is 21.6. The van der Waals surface area contributed by atoms with Crippen LogP contribution in [-0.2, 0) is 22.7 Å². The number of carbonyl (C=O) groups excluding carboxylic acids is 2. The number of benzene rings is 1. The lowest BCUT2D eigenvalue weighted by molar-refractivity contribution is -0.140. The zero-order chi connectivity index (χ0) is 26.5. The topological polar surface area (TPSA) is 97.5 Å². The zero-order valence-corrected chi connectivity index (χ0v) is 22.8. The van der Waals surface area contributed by atoms with Gasteiger partial charge in [-0.05, 0) is 63.2 Å². The van der Waals surface area contributed by atoms with Gasteiger partial charge in [-0.15, -0.1) is 9.24 Å². The number of ether oxygens (including phenoxy) is 2. The molecule has 1 N–H and O–H groups in total. The van der Waals surface area contributed by atoms with Crippen molar-refractivity contribution in [2.75, 3.05) is 13.2 Å². The van der Waals surface area contributed by atoms with E-state index in [-0.39, 0.29) is 18.9 Å². The molecule has 1 unspecified atom stereocenters. The molecule has 0 saturated carbocycles. The van der Waals surface area contributed by atoms with Crippen molar-refractivity contribution in [1.29, 1.82) is 5.41 Å². The van der Waals surface area contributed by atoms with Crippen LogP contribution in [0.1, 0.15) is 52.2 Å². The van der Waals surface area contributed by atoms with Gasteiger partial charge in [0.15, 0.2) is 11.5 Å². The maximum Gasteiger partial charge on any atom is 0.227 e. The summed E-state index contributed by atoms with van der Waals surface area (Å²) in [7, 11) is 2.64. The number of rotatable bonds is 10. The molecule has 0 bridgehead atoms. The second-order valence-corrected chi connectivity index (χ2v) is 10.5. The van der Waals surface area contributed by atoms with E-state index in [1.807, 2.05) is 44.3 Å². The van der Waals surface area contributed by atoms with Crippen LogP contribution in [-0.4, -0.2) is 51.3 Å². The Morgan fingerprint density at radius 1 is 1.22 bits per heavy atom. The summed E-state index contributed by atoms with van der Waals surface area (Å²) in [5, 5.41) is 13.4. The van der Waals surface area contributed by atoms with E-state index >= 15 is 0 Å². The van der Waals surface area contributed by atoms with Crippen LogP contribution < -0.4 is 9.47 Å². The Hall–Kier alpha value is -3.25. The van der Waals surface area contributed by atoms with Crippen LogP contribution in [0.5, 0.6) is 11.5 Å². The van der Waals surface area contributed by atoms with Crippen LogP contribution in [0.4, 0.5) is 0 Å². The molecular formula is C27H35N4O4P. The molecule has 8 nitrogen and oxygen atoms in total. The first-order chi connectivity index (χ1) is 17.0. The lowest BCUT2D eigenvalue weighted by Crippen LogP contribution is -2.48. The summed E-state index contributed by atoms with van der Waals surface area (Å²) < 4.78 is 13.0. The van der Waals surface area contributed by atoms with Crippen molar-refractivity contribution in [2.24, 2.45) is 0 Å². The minimum absolute atomic E-state index is 0.147. The van der Waals surface area contributed by atoms with Crippen molar-refractivity contribution in [3.63, 3.8) is 0 Å². The van der Waals surface area contributed by atoms with Gasteiger partial charge in [-0.25, -0.2) is 0 Å². The van der Waals surface area contributed by atoms with Crippen LogP contribution in [0.3, 0.4) is 0 Å². The fraction of sp³-hybridized carbons (Fsp3) is 0.407. The van der Waals surface area contributed by atoms with Gasteiger partial charge in [0.2, 0.25) is 5.91 Å². The quantitative estimate of drug-likeness (QED) is 0.285. The monoisotopic (exact) mass is 510 g/mol. The molecule has 0 radical (unpaired) electrons. The van der Waals surface area contributed by atoms with Crippen LogP contribution >= 0.6 is 9.24 Å². The highest BCUT2D eigenvalue weighted by molar-refractivity contribution is 7.22. The highest BCUT2D eigenvalue weighted by Crippen LogP contribution is 2.32. The van der Waals surface area contributed by atoms with Crippen molar-refractivity contribution < 1.29 is 19.1 Å². The summed E-state index contributed by atoms with van der Waals surface area (Å²) in [5.41, 5.74) is 3.04. The van der Waals surface area contributed by atoms with Crippen LogP contribution in [0.15, 0.2) is 47.1 Å². The normalized spacial score (nSPS) is 14.2. The van der Waals surface area contributed by atoms with Gasteiger partial charge >= 0.3 is 0 Å². The van der Waals surface area contributed by atoms with E-state index in [2.05, 4.69) is 14.3 Å². The summed E-state index contributed by atoms with van der Waals surface area (Å²) >= 11 is 0. The number of aldehydes is 1. The molecule has 1 amide bonds. The number of fused-ring (bicyclic) bond motifs is 1. The number of aromatic nitrogens is 2. The maximum atomic E-state index is 13.4. The first kappa shape index (κ1) is 27.3. The Morgan fingerprint density at radius 2 is 1.92 bits per heavy atom. The fourth-order valence-electron chi connectivity index (χ4n) is 3.96. The molecule has 1 aromatic carbocycles. The predicted molar refractivity (Wildman–Crippen MR) is 144 cm³/mol. The first-order valence-corrected chi connectivity index (χ1v) is 12.4. The number of hydrogen-bond acceptors (Lipinski definition) is 6. The first-order valence-electron chi connectivity index (χ1n) is 11.9. The largest absolute Gasteiger partial charge is 0.486 e. The van der Waals surface area contributed by atoms with E-state index in [1.165, 1.54) is 0 Å². The molecule has 2 aromatic rings. The van der Waals surface area contributed by atoms with E-state index in [0.717, 1.165) is 33.9 Å². The molecule has 0 saturated heterocycles. The number of carbonyl (C=O) groups is 2. The molecule has 1 aromatic heterocycles. The number of nitrogens with one attached hydrogen (secondary N) is 1. The summed E-state index contributed by atoms with van der Waals surface area (Å²) in [4.78, 5) is 26.8. The third-order valence-corrected chi connectivity index (χ3v) is 6.33. The van der Waals surface area contributed by atoms with E-state index in [9.17, 15) is 9.59 Å². The molecule has 36 heavy (non-hydrogen) atoms. The standard InChI is InChI=1S/C27H35N4O4P/c1-18(10-22-13-29-30(14-22)16-23(19(2)28)20(3)36)11-26(33)31(27(4,5)17-32)15-21-6-7-24-25(12-21)35-9-8-34-24/h6-7,10,12-14,17,28H,8-9,11,15-16,36H2,1-5H3/b18-10+,23-20-,28-19?. The summed E-state index contributed by atoms with van der Waals surface area (Å²) in [6.07, 6.45) is 6.53. The van der Waals surface area contributed by atoms with E-state index in [1.54, 1.807) is 36.5 Å². The molecular weight excluding hydrogens is 475 g/mol. The molecule has 0 fully saturated rings. The number of nitrogens with zero attached hydrogens (tertiary/aromatic N) is 3. The van der Waals surface area contributed by atoms with Crippen molar-refractivity contribution in [1.82, 2.24) is 14.7 Å². The lowest BCUT2D eigenvalue weighted by Gasteiger charge is -2.35. The van der Waals surface area contributed by atoms with Crippen LogP contribution in [0, 0.1) is 5.41 Å². The SMILES string of the molecule is CC(=N)/C(Cn1cc(/C=C(\C)CC(=O)N(Cc2ccc3c(c2)OCCO3)C(C)(C)C=O)cn1)=C(/C)P. The molecule has 0 aliphatic carbocycles. The molecule has 9 heteroatoms. The number of amides is 1. The van der Waals surface area contributed by atoms with Crippen molar-refractivity contribution in [3.05, 3.63) is 58.2 Å². The minimum atomic E-state index is -0.973. The second-order valence-electron chi connectivity index (χ2n) is 9.65. The summed E-state index contributed by atoms with van der Waals surface area (Å²) in [6.45, 7) is 10.9. The van der Waals surface area contributed by atoms with Crippen molar-refractivity contribution in [2.45, 2.75) is 59.7 Å². The van der Waals surface area contributed by atoms with Gasteiger partial charge in [0, 0.05) is 30.4 Å². The summed E-state index contributed by atoms with van der Waals surface area (Å²) in [6, 6.07) is 5.59. The van der Waals surface area contributed by atoms with Gasteiger partial charge in [-0.1, -0.05) is 17.7 Å². The van der Waals surface area contributed by atoms with E-state index < -0.39 is 5.54 Å². The highest BCUT2D eigenvalue weighted by atomic mass is 31.0. The Morgan fingerprint density at radius 3 is 2.56 bits per heavy atom. The second kappa shape index (κ2) is 11.7. The Balaban J connectivity index is 1.74. The molecule has 1 aliphatic heterocycles. The van der Waals surface area contributed by atoms with E-state index in [4.69, 9.17) is 14.9 Å². The van der Waals surface area contributed by atoms with E-state index in [0.29, 0.717) is 37.0 Å². The predicted octanol–water partition coefficient (Wildman–Crippen LogP) is 4.64.